The molecule has 2 aliphatic rings. The SMILES string of the molecule is Cn1cc(N2C(=O)C[C@@H]3[C@H]2CCN3CCO)cn1. The number of anilines is 1. The molecule has 1 amide bonds. The van der Waals surface area contributed by atoms with Gasteiger partial charge in [-0.15, -0.1) is 0 Å². The first-order chi connectivity index (χ1) is 8.70. The van der Waals surface area contributed by atoms with E-state index in [1.54, 1.807) is 10.9 Å². The van der Waals surface area contributed by atoms with E-state index < -0.39 is 0 Å². The maximum absolute atomic E-state index is 12.1. The van der Waals surface area contributed by atoms with Crippen LogP contribution in [0.4, 0.5) is 5.69 Å². The highest BCUT2D eigenvalue weighted by Gasteiger charge is 2.47. The van der Waals surface area contributed by atoms with Crippen molar-refractivity contribution in [3.8, 4) is 0 Å². The van der Waals surface area contributed by atoms with Crippen LogP contribution < -0.4 is 4.90 Å². The van der Waals surface area contributed by atoms with E-state index in [4.69, 9.17) is 5.11 Å². The van der Waals surface area contributed by atoms with Gasteiger partial charge in [0.2, 0.25) is 5.91 Å². The van der Waals surface area contributed by atoms with E-state index in [1.807, 2.05) is 18.1 Å². The molecule has 0 aromatic carbocycles. The number of carbonyl (C=O) groups is 1. The van der Waals surface area contributed by atoms with Gasteiger partial charge in [0, 0.05) is 38.8 Å². The first-order valence-corrected chi connectivity index (χ1v) is 6.36. The summed E-state index contributed by atoms with van der Waals surface area (Å²) in [6.45, 7) is 1.78. The van der Waals surface area contributed by atoms with Crippen LogP contribution >= 0.6 is 0 Å². The number of aliphatic hydroxyl groups excluding tert-OH is 1. The van der Waals surface area contributed by atoms with E-state index in [-0.39, 0.29) is 24.6 Å². The molecule has 1 aromatic heterocycles. The van der Waals surface area contributed by atoms with Crippen LogP contribution in [0.15, 0.2) is 12.4 Å². The molecule has 0 bridgehead atoms. The zero-order valence-corrected chi connectivity index (χ0v) is 10.5. The molecule has 1 aromatic rings. The number of rotatable bonds is 3. The van der Waals surface area contributed by atoms with Crippen LogP contribution in [-0.4, -0.2) is 57.5 Å². The summed E-state index contributed by atoms with van der Waals surface area (Å²) in [5.41, 5.74) is 0.890. The minimum Gasteiger partial charge on any atom is -0.395 e. The van der Waals surface area contributed by atoms with Gasteiger partial charge in [-0.3, -0.25) is 14.4 Å². The zero-order chi connectivity index (χ0) is 12.7. The molecule has 18 heavy (non-hydrogen) atoms. The third-order valence-corrected chi connectivity index (χ3v) is 3.97. The van der Waals surface area contributed by atoms with E-state index in [0.29, 0.717) is 13.0 Å². The van der Waals surface area contributed by atoms with Gasteiger partial charge < -0.3 is 10.0 Å². The van der Waals surface area contributed by atoms with E-state index in [1.165, 1.54) is 0 Å². The summed E-state index contributed by atoms with van der Waals surface area (Å²) in [5.74, 6) is 0.167. The fourth-order valence-electron chi connectivity index (χ4n) is 3.20. The van der Waals surface area contributed by atoms with Crippen molar-refractivity contribution >= 4 is 11.6 Å². The lowest BCUT2D eigenvalue weighted by molar-refractivity contribution is -0.117. The monoisotopic (exact) mass is 250 g/mol. The number of aromatic nitrogens is 2. The fraction of sp³-hybridized carbons (Fsp3) is 0.667. The Hall–Kier alpha value is -1.40. The lowest BCUT2D eigenvalue weighted by atomic mass is 10.1. The van der Waals surface area contributed by atoms with Gasteiger partial charge in [0.25, 0.3) is 0 Å². The van der Waals surface area contributed by atoms with Gasteiger partial charge in [0.1, 0.15) is 0 Å². The topological polar surface area (TPSA) is 61.6 Å². The molecule has 6 heteroatoms. The van der Waals surface area contributed by atoms with Crippen LogP contribution in [0, 0.1) is 0 Å². The third kappa shape index (κ3) is 1.72. The molecule has 0 aliphatic carbocycles. The average Bonchev–Trinajstić information content (AvgIpc) is 2.97. The van der Waals surface area contributed by atoms with E-state index >= 15 is 0 Å². The van der Waals surface area contributed by atoms with E-state index in [2.05, 4.69) is 10.00 Å². The van der Waals surface area contributed by atoms with E-state index in [9.17, 15) is 4.79 Å². The molecule has 0 spiro atoms. The predicted molar refractivity (Wildman–Crippen MR) is 66.2 cm³/mol. The normalized spacial score (nSPS) is 28.1. The number of likely N-dealkylation sites (tertiary alicyclic amines) is 1. The number of β-amino-alcohol motifs (C(OH)–C–C–N with tert-alkyl or cyclic N) is 1. The molecule has 2 atom stereocenters. The smallest absolute Gasteiger partial charge is 0.229 e. The molecular weight excluding hydrogens is 232 g/mol. The fourth-order valence-corrected chi connectivity index (χ4v) is 3.20. The van der Waals surface area contributed by atoms with Crippen molar-refractivity contribution in [2.24, 2.45) is 7.05 Å². The molecule has 0 unspecified atom stereocenters. The van der Waals surface area contributed by atoms with Gasteiger partial charge in [0.15, 0.2) is 0 Å². The largest absolute Gasteiger partial charge is 0.395 e. The van der Waals surface area contributed by atoms with Crippen LogP contribution in [0.2, 0.25) is 0 Å². The Balaban J connectivity index is 1.83. The minimum absolute atomic E-state index is 0.157. The summed E-state index contributed by atoms with van der Waals surface area (Å²) >= 11 is 0. The van der Waals surface area contributed by atoms with E-state index in [0.717, 1.165) is 18.7 Å². The van der Waals surface area contributed by atoms with Gasteiger partial charge in [-0.25, -0.2) is 0 Å². The molecule has 2 fully saturated rings. The summed E-state index contributed by atoms with van der Waals surface area (Å²) in [4.78, 5) is 16.3. The van der Waals surface area contributed by atoms with Gasteiger partial charge in [-0.1, -0.05) is 0 Å². The van der Waals surface area contributed by atoms with Crippen molar-refractivity contribution in [2.45, 2.75) is 24.9 Å². The second kappa shape index (κ2) is 4.37. The molecule has 1 N–H and O–H groups in total. The van der Waals surface area contributed by atoms with Crippen molar-refractivity contribution in [1.29, 1.82) is 0 Å². The highest BCUT2D eigenvalue weighted by atomic mass is 16.3. The van der Waals surface area contributed by atoms with Crippen LogP contribution in [-0.2, 0) is 11.8 Å². The molecule has 0 saturated carbocycles. The summed E-state index contributed by atoms with van der Waals surface area (Å²) in [5, 5.41) is 13.2. The van der Waals surface area contributed by atoms with Crippen molar-refractivity contribution in [1.82, 2.24) is 14.7 Å². The van der Waals surface area contributed by atoms with Crippen molar-refractivity contribution in [3.63, 3.8) is 0 Å². The third-order valence-electron chi connectivity index (χ3n) is 3.97. The Kier molecular flexibility index (Phi) is 2.83. The average molecular weight is 250 g/mol. The Morgan fingerprint density at radius 1 is 1.50 bits per heavy atom. The first-order valence-electron chi connectivity index (χ1n) is 6.36. The summed E-state index contributed by atoms with van der Waals surface area (Å²) in [6.07, 6.45) is 5.16. The first kappa shape index (κ1) is 11.7. The number of aliphatic hydroxyl groups is 1. The lowest BCUT2D eigenvalue weighted by Gasteiger charge is -2.23. The van der Waals surface area contributed by atoms with Gasteiger partial charge in [0.05, 0.1) is 24.5 Å². The molecule has 0 radical (unpaired) electrons. The van der Waals surface area contributed by atoms with Crippen LogP contribution in [0.25, 0.3) is 0 Å². The Labute approximate surface area is 106 Å². The zero-order valence-electron chi connectivity index (χ0n) is 10.5. The number of amides is 1. The maximum Gasteiger partial charge on any atom is 0.229 e. The van der Waals surface area contributed by atoms with Gasteiger partial charge >= 0.3 is 0 Å². The van der Waals surface area contributed by atoms with Crippen LogP contribution in [0.5, 0.6) is 0 Å². The highest BCUT2D eigenvalue weighted by Crippen LogP contribution is 2.35. The number of hydrogen-bond acceptors (Lipinski definition) is 4. The van der Waals surface area contributed by atoms with Crippen LogP contribution in [0.1, 0.15) is 12.8 Å². The van der Waals surface area contributed by atoms with Crippen molar-refractivity contribution in [2.75, 3.05) is 24.6 Å². The maximum atomic E-state index is 12.1. The molecule has 98 valence electrons. The number of carbonyl (C=O) groups excluding carboxylic acids is 1. The summed E-state index contributed by atoms with van der Waals surface area (Å²) < 4.78 is 1.72. The molecule has 2 aliphatic heterocycles. The minimum atomic E-state index is 0.157. The Morgan fingerprint density at radius 2 is 2.33 bits per heavy atom. The quantitative estimate of drug-likeness (QED) is 0.792. The summed E-state index contributed by atoms with van der Waals surface area (Å²) in [7, 11) is 1.86. The standard InChI is InChI=1S/C12H18N4O2/c1-14-8-9(7-13-14)16-10-2-3-15(4-5-17)11(10)6-12(16)18/h7-8,10-11,17H,2-6H2,1H3/t10-,11-/m1/s1. The highest BCUT2D eigenvalue weighted by molar-refractivity contribution is 5.97. The second-order valence-electron chi connectivity index (χ2n) is 5.02. The predicted octanol–water partition coefficient (Wildman–Crippen LogP) is -0.408. The van der Waals surface area contributed by atoms with Gasteiger partial charge in [-0.05, 0) is 6.42 Å². The molecule has 2 saturated heterocycles. The summed E-state index contributed by atoms with van der Waals surface area (Å²) in [6, 6.07) is 0.498. The number of hydrogen-bond donors (Lipinski definition) is 1. The van der Waals surface area contributed by atoms with Crippen molar-refractivity contribution < 1.29 is 9.90 Å². The van der Waals surface area contributed by atoms with Gasteiger partial charge in [-0.2, -0.15) is 5.10 Å². The number of aryl methyl sites for hydroxylation is 1. The molecule has 3 heterocycles. The van der Waals surface area contributed by atoms with Crippen molar-refractivity contribution in [3.05, 3.63) is 12.4 Å². The second-order valence-corrected chi connectivity index (χ2v) is 5.02. The number of nitrogens with zero attached hydrogens (tertiary/aromatic N) is 4. The molecular formula is C12H18N4O2. The number of fused-ring (bicyclic) bond motifs is 1. The Morgan fingerprint density at radius 3 is 3.00 bits per heavy atom. The lowest BCUT2D eigenvalue weighted by Crippen LogP contribution is -2.38. The molecule has 6 nitrogen and oxygen atoms in total. The Bertz CT molecular complexity index is 459. The van der Waals surface area contributed by atoms with Crippen LogP contribution in [0.3, 0.4) is 0 Å². The molecule has 3 rings (SSSR count).